The average molecular weight is 381 g/mol. The first-order valence-electron chi connectivity index (χ1n) is 9.19. The molecule has 2 rings (SSSR count). The predicted octanol–water partition coefficient (Wildman–Crippen LogP) is 2.55. The summed E-state index contributed by atoms with van der Waals surface area (Å²) in [4.78, 5) is 20.2. The molecule has 0 bridgehead atoms. The molecule has 1 amide bonds. The first kappa shape index (κ1) is 20.4. The Labute approximate surface area is 161 Å². The minimum absolute atomic E-state index is 0.140. The highest BCUT2D eigenvalue weighted by Crippen LogP contribution is 2.21. The lowest BCUT2D eigenvalue weighted by Crippen LogP contribution is -2.53. The van der Waals surface area contributed by atoms with Crippen LogP contribution in [0.2, 0.25) is 5.02 Å². The van der Waals surface area contributed by atoms with E-state index in [-0.39, 0.29) is 5.91 Å². The number of piperazine rings is 1. The molecule has 1 saturated heterocycles. The second-order valence-corrected chi connectivity index (χ2v) is 6.78. The summed E-state index contributed by atoms with van der Waals surface area (Å²) >= 11 is 5.96. The summed E-state index contributed by atoms with van der Waals surface area (Å²) in [6, 6.07) is 5.64. The first-order valence-corrected chi connectivity index (χ1v) is 9.56. The molecule has 7 heteroatoms. The van der Waals surface area contributed by atoms with Gasteiger partial charge in [-0.1, -0.05) is 11.6 Å². The quantitative estimate of drug-likeness (QED) is 0.468. The molecule has 26 heavy (non-hydrogen) atoms. The smallest absolute Gasteiger partial charge is 0.219 e. The van der Waals surface area contributed by atoms with E-state index in [4.69, 9.17) is 21.3 Å². The van der Waals surface area contributed by atoms with Crippen molar-refractivity contribution in [2.24, 2.45) is 4.99 Å². The van der Waals surface area contributed by atoms with Gasteiger partial charge in [0.05, 0.1) is 6.61 Å². The number of ether oxygens (including phenoxy) is 1. The van der Waals surface area contributed by atoms with E-state index in [1.807, 2.05) is 30.0 Å². The maximum absolute atomic E-state index is 11.4. The van der Waals surface area contributed by atoms with Gasteiger partial charge in [-0.3, -0.25) is 9.79 Å². The second kappa shape index (κ2) is 10.3. The van der Waals surface area contributed by atoms with E-state index in [9.17, 15) is 4.79 Å². The standard InChI is InChI=1S/C19H29ClN4O2/c1-4-21-19(24-11-9-23(10-12-24)16(3)25)22-8-5-13-26-18-7-6-17(20)14-15(18)2/h6-7,14H,4-5,8-13H2,1-3H3,(H,21,22). The molecule has 6 nitrogen and oxygen atoms in total. The molecule has 0 aromatic heterocycles. The normalized spacial score (nSPS) is 15.2. The zero-order valence-electron chi connectivity index (χ0n) is 15.9. The molecule has 0 saturated carbocycles. The lowest BCUT2D eigenvalue weighted by atomic mass is 10.2. The highest BCUT2D eigenvalue weighted by atomic mass is 35.5. The average Bonchev–Trinajstić information content (AvgIpc) is 2.62. The van der Waals surface area contributed by atoms with Gasteiger partial charge in [-0.05, 0) is 37.6 Å². The van der Waals surface area contributed by atoms with Crippen LogP contribution in [0.15, 0.2) is 23.2 Å². The van der Waals surface area contributed by atoms with E-state index >= 15 is 0 Å². The number of nitrogens with one attached hydrogen (secondary N) is 1. The Morgan fingerprint density at radius 1 is 1.27 bits per heavy atom. The number of amides is 1. The van der Waals surface area contributed by atoms with E-state index in [1.165, 1.54) is 0 Å². The number of aliphatic imine (C=N–C) groups is 1. The van der Waals surface area contributed by atoms with Gasteiger partial charge in [0, 0.05) is 57.6 Å². The van der Waals surface area contributed by atoms with Crippen LogP contribution in [0.1, 0.15) is 25.8 Å². The maximum Gasteiger partial charge on any atom is 0.219 e. The van der Waals surface area contributed by atoms with Crippen LogP contribution in [-0.4, -0.2) is 67.5 Å². The SMILES string of the molecule is CCNC(=NCCCOc1ccc(Cl)cc1C)N1CCN(C(C)=O)CC1. The van der Waals surface area contributed by atoms with Crippen molar-refractivity contribution in [1.82, 2.24) is 15.1 Å². The van der Waals surface area contributed by atoms with Crippen molar-refractivity contribution in [3.8, 4) is 5.75 Å². The summed E-state index contributed by atoms with van der Waals surface area (Å²) in [7, 11) is 0. The Morgan fingerprint density at radius 3 is 2.58 bits per heavy atom. The molecule has 0 radical (unpaired) electrons. The van der Waals surface area contributed by atoms with Crippen LogP contribution in [0.25, 0.3) is 0 Å². The molecule has 0 unspecified atom stereocenters. The molecule has 0 spiro atoms. The number of rotatable bonds is 6. The molecule has 1 fully saturated rings. The summed E-state index contributed by atoms with van der Waals surface area (Å²) < 4.78 is 5.81. The Morgan fingerprint density at radius 2 is 1.96 bits per heavy atom. The fourth-order valence-corrected chi connectivity index (χ4v) is 3.09. The summed E-state index contributed by atoms with van der Waals surface area (Å²) in [5, 5.41) is 4.06. The van der Waals surface area contributed by atoms with Crippen molar-refractivity contribution in [2.75, 3.05) is 45.9 Å². The molecule has 144 valence electrons. The van der Waals surface area contributed by atoms with Gasteiger partial charge in [0.25, 0.3) is 0 Å². The maximum atomic E-state index is 11.4. The van der Waals surface area contributed by atoms with Crippen molar-refractivity contribution < 1.29 is 9.53 Å². The lowest BCUT2D eigenvalue weighted by Gasteiger charge is -2.36. The number of guanidine groups is 1. The van der Waals surface area contributed by atoms with Crippen LogP contribution < -0.4 is 10.1 Å². The Bertz CT molecular complexity index is 628. The van der Waals surface area contributed by atoms with Gasteiger partial charge < -0.3 is 19.9 Å². The van der Waals surface area contributed by atoms with Crippen molar-refractivity contribution in [2.45, 2.75) is 27.2 Å². The van der Waals surface area contributed by atoms with Gasteiger partial charge in [-0.2, -0.15) is 0 Å². The summed E-state index contributed by atoms with van der Waals surface area (Å²) in [5.41, 5.74) is 1.04. The van der Waals surface area contributed by atoms with Crippen LogP contribution in [0.4, 0.5) is 0 Å². The van der Waals surface area contributed by atoms with Crippen molar-refractivity contribution >= 4 is 23.5 Å². The molecule has 1 aliphatic rings. The molecule has 1 N–H and O–H groups in total. The third-order valence-electron chi connectivity index (χ3n) is 4.32. The number of carbonyl (C=O) groups excluding carboxylic acids is 1. The Hall–Kier alpha value is -1.95. The van der Waals surface area contributed by atoms with Gasteiger partial charge in [0.2, 0.25) is 5.91 Å². The predicted molar refractivity (Wildman–Crippen MR) is 106 cm³/mol. The zero-order chi connectivity index (χ0) is 18.9. The molecule has 1 aromatic rings. The van der Waals surface area contributed by atoms with Gasteiger partial charge in [0.1, 0.15) is 5.75 Å². The topological polar surface area (TPSA) is 57.2 Å². The van der Waals surface area contributed by atoms with Crippen LogP contribution >= 0.6 is 11.6 Å². The molecule has 1 heterocycles. The highest BCUT2D eigenvalue weighted by Gasteiger charge is 2.20. The number of hydrogen-bond donors (Lipinski definition) is 1. The summed E-state index contributed by atoms with van der Waals surface area (Å²) in [6.45, 7) is 10.9. The number of hydrogen-bond acceptors (Lipinski definition) is 3. The monoisotopic (exact) mass is 380 g/mol. The van der Waals surface area contributed by atoms with Gasteiger partial charge >= 0.3 is 0 Å². The number of carbonyl (C=O) groups is 1. The zero-order valence-corrected chi connectivity index (χ0v) is 16.7. The molecular formula is C19H29ClN4O2. The van der Waals surface area contributed by atoms with E-state index in [0.29, 0.717) is 13.2 Å². The number of aryl methyl sites for hydroxylation is 1. The lowest BCUT2D eigenvalue weighted by molar-refractivity contribution is -0.130. The second-order valence-electron chi connectivity index (χ2n) is 6.34. The first-order chi connectivity index (χ1) is 12.5. The van der Waals surface area contributed by atoms with Crippen molar-refractivity contribution in [3.63, 3.8) is 0 Å². The van der Waals surface area contributed by atoms with Gasteiger partial charge in [-0.25, -0.2) is 0 Å². The number of halogens is 1. The summed E-state index contributed by atoms with van der Waals surface area (Å²) in [6.07, 6.45) is 0.838. The molecule has 0 atom stereocenters. The largest absolute Gasteiger partial charge is 0.493 e. The van der Waals surface area contributed by atoms with Crippen molar-refractivity contribution in [3.05, 3.63) is 28.8 Å². The van der Waals surface area contributed by atoms with Crippen LogP contribution in [0, 0.1) is 6.92 Å². The minimum Gasteiger partial charge on any atom is -0.493 e. The van der Waals surface area contributed by atoms with E-state index in [0.717, 1.165) is 61.4 Å². The van der Waals surface area contributed by atoms with Crippen LogP contribution in [0.3, 0.4) is 0 Å². The van der Waals surface area contributed by atoms with Crippen LogP contribution in [0.5, 0.6) is 5.75 Å². The summed E-state index contributed by atoms with van der Waals surface area (Å²) in [5.74, 6) is 1.92. The Balaban J connectivity index is 1.79. The van der Waals surface area contributed by atoms with E-state index in [2.05, 4.69) is 17.1 Å². The number of nitrogens with zero attached hydrogens (tertiary/aromatic N) is 3. The third-order valence-corrected chi connectivity index (χ3v) is 4.55. The van der Waals surface area contributed by atoms with E-state index in [1.54, 1.807) is 6.92 Å². The minimum atomic E-state index is 0.140. The molecule has 0 aliphatic carbocycles. The molecular weight excluding hydrogens is 352 g/mol. The Kier molecular flexibility index (Phi) is 8.04. The fraction of sp³-hybridized carbons (Fsp3) is 0.579. The molecule has 1 aromatic carbocycles. The van der Waals surface area contributed by atoms with Gasteiger partial charge in [0.15, 0.2) is 5.96 Å². The third kappa shape index (κ3) is 6.09. The van der Waals surface area contributed by atoms with Crippen molar-refractivity contribution in [1.29, 1.82) is 0 Å². The van der Waals surface area contributed by atoms with Gasteiger partial charge in [-0.15, -0.1) is 0 Å². The highest BCUT2D eigenvalue weighted by molar-refractivity contribution is 6.30. The molecule has 1 aliphatic heterocycles. The fourth-order valence-electron chi connectivity index (χ4n) is 2.87. The van der Waals surface area contributed by atoms with E-state index < -0.39 is 0 Å². The van der Waals surface area contributed by atoms with Crippen LogP contribution in [-0.2, 0) is 4.79 Å². The number of benzene rings is 1.